The number of nitrogens with zero attached hydrogens (tertiary/aromatic N) is 1. The fourth-order valence-corrected chi connectivity index (χ4v) is 2.76. The van der Waals surface area contributed by atoms with E-state index in [2.05, 4.69) is 22.5 Å². The Morgan fingerprint density at radius 2 is 1.85 bits per heavy atom. The number of carbonyl (C=O) groups is 1. The summed E-state index contributed by atoms with van der Waals surface area (Å²) in [6.45, 7) is 13.7. The predicted molar refractivity (Wildman–Crippen MR) is 121 cm³/mol. The van der Waals surface area contributed by atoms with Gasteiger partial charge in [-0.15, -0.1) is 11.8 Å². The van der Waals surface area contributed by atoms with Crippen molar-refractivity contribution < 1.29 is 4.79 Å². The first-order chi connectivity index (χ1) is 12.6. The molecule has 0 saturated heterocycles. The standard InChI is InChI=1S/C16H24ClN3OS.2C2H6/c1-4-12-10-13(17)6-7-14(12)20-11-15(21)19-9-8-16(22-3)18-5-2;2*1-2/h6-7,10,20H,4-5,8-9,11H2,1-3H3,(H,19,21);2*1-2H3. The van der Waals surface area contributed by atoms with Crippen molar-refractivity contribution >= 4 is 40.0 Å². The third-order valence-corrected chi connectivity index (χ3v) is 4.16. The molecule has 26 heavy (non-hydrogen) atoms. The van der Waals surface area contributed by atoms with Gasteiger partial charge >= 0.3 is 0 Å². The quantitative estimate of drug-likeness (QED) is 0.436. The predicted octanol–water partition coefficient (Wildman–Crippen LogP) is 5.65. The average molecular weight is 402 g/mol. The molecule has 0 bridgehead atoms. The third-order valence-electron chi connectivity index (χ3n) is 3.12. The van der Waals surface area contributed by atoms with Crippen LogP contribution in [0.4, 0.5) is 5.69 Å². The summed E-state index contributed by atoms with van der Waals surface area (Å²) in [6.07, 6.45) is 3.65. The Morgan fingerprint density at radius 1 is 1.19 bits per heavy atom. The monoisotopic (exact) mass is 401 g/mol. The van der Waals surface area contributed by atoms with E-state index in [0.717, 1.165) is 35.7 Å². The molecule has 150 valence electrons. The molecule has 1 aromatic carbocycles. The number of aryl methyl sites for hydroxylation is 1. The molecule has 0 saturated carbocycles. The Bertz CT molecular complexity index is 522. The van der Waals surface area contributed by atoms with Gasteiger partial charge in [0.05, 0.1) is 11.6 Å². The molecule has 1 amide bonds. The summed E-state index contributed by atoms with van der Waals surface area (Å²) in [6, 6.07) is 5.66. The van der Waals surface area contributed by atoms with Crippen LogP contribution < -0.4 is 10.6 Å². The lowest BCUT2D eigenvalue weighted by atomic mass is 10.1. The highest BCUT2D eigenvalue weighted by Gasteiger charge is 2.05. The molecule has 0 atom stereocenters. The molecule has 0 fully saturated rings. The van der Waals surface area contributed by atoms with Crippen molar-refractivity contribution in [2.75, 3.05) is 31.2 Å². The van der Waals surface area contributed by atoms with Crippen LogP contribution in [0.3, 0.4) is 0 Å². The Labute approximate surface area is 169 Å². The second kappa shape index (κ2) is 18.6. The lowest BCUT2D eigenvalue weighted by molar-refractivity contribution is -0.119. The lowest BCUT2D eigenvalue weighted by Crippen LogP contribution is -2.31. The fourth-order valence-electron chi connectivity index (χ4n) is 2.00. The van der Waals surface area contributed by atoms with Crippen molar-refractivity contribution in [2.24, 2.45) is 4.99 Å². The Morgan fingerprint density at radius 3 is 2.38 bits per heavy atom. The number of carbonyl (C=O) groups excluding carboxylic acids is 1. The molecule has 2 N–H and O–H groups in total. The van der Waals surface area contributed by atoms with Gasteiger partial charge < -0.3 is 10.6 Å². The smallest absolute Gasteiger partial charge is 0.239 e. The molecule has 0 heterocycles. The van der Waals surface area contributed by atoms with Gasteiger partial charge in [-0.05, 0) is 43.4 Å². The van der Waals surface area contributed by atoms with Gasteiger partial charge in [0, 0.05) is 30.2 Å². The molecule has 4 nitrogen and oxygen atoms in total. The highest BCUT2D eigenvalue weighted by atomic mass is 35.5. The molecule has 0 aliphatic heterocycles. The summed E-state index contributed by atoms with van der Waals surface area (Å²) in [5.41, 5.74) is 2.07. The van der Waals surface area contributed by atoms with E-state index in [1.54, 1.807) is 11.8 Å². The van der Waals surface area contributed by atoms with Gasteiger partial charge in [-0.3, -0.25) is 9.79 Å². The molecule has 0 spiro atoms. The highest BCUT2D eigenvalue weighted by molar-refractivity contribution is 8.13. The van der Waals surface area contributed by atoms with Crippen LogP contribution in [0.25, 0.3) is 0 Å². The zero-order chi connectivity index (χ0) is 20.4. The van der Waals surface area contributed by atoms with Crippen LogP contribution in [0, 0.1) is 0 Å². The number of anilines is 1. The van der Waals surface area contributed by atoms with E-state index < -0.39 is 0 Å². The number of hydrogen-bond donors (Lipinski definition) is 2. The molecule has 6 heteroatoms. The zero-order valence-electron chi connectivity index (χ0n) is 17.4. The zero-order valence-corrected chi connectivity index (χ0v) is 19.0. The first kappa shape index (κ1) is 27.0. The molecule has 1 rings (SSSR count). The fraction of sp³-hybridized carbons (Fsp3) is 0.600. The van der Waals surface area contributed by atoms with E-state index >= 15 is 0 Å². The maximum Gasteiger partial charge on any atom is 0.239 e. The minimum absolute atomic E-state index is 0.0195. The van der Waals surface area contributed by atoms with Gasteiger partial charge in [-0.25, -0.2) is 0 Å². The number of halogens is 1. The maximum absolute atomic E-state index is 11.9. The summed E-state index contributed by atoms with van der Waals surface area (Å²) in [4.78, 5) is 16.2. The van der Waals surface area contributed by atoms with E-state index in [9.17, 15) is 4.79 Å². The minimum atomic E-state index is -0.0195. The SMILES string of the molecule is CC.CC.CCN=C(CCNC(=O)CNc1ccc(Cl)cc1CC)SC. The molecule has 1 aromatic rings. The van der Waals surface area contributed by atoms with Gasteiger partial charge in [0.1, 0.15) is 0 Å². The third kappa shape index (κ3) is 12.2. The van der Waals surface area contributed by atoms with Crippen molar-refractivity contribution in [1.29, 1.82) is 0 Å². The van der Waals surface area contributed by atoms with Crippen molar-refractivity contribution in [2.45, 2.75) is 54.4 Å². The van der Waals surface area contributed by atoms with Gasteiger partial charge in [0.2, 0.25) is 5.91 Å². The van der Waals surface area contributed by atoms with E-state index in [0.29, 0.717) is 11.6 Å². The van der Waals surface area contributed by atoms with Crippen LogP contribution in [-0.4, -0.2) is 36.8 Å². The van der Waals surface area contributed by atoms with Gasteiger partial charge in [0.15, 0.2) is 0 Å². The molecule has 0 radical (unpaired) electrons. The summed E-state index contributed by atoms with van der Waals surface area (Å²) in [7, 11) is 0. The van der Waals surface area contributed by atoms with Gasteiger partial charge in [-0.2, -0.15) is 0 Å². The molecule has 0 unspecified atom stereocenters. The Balaban J connectivity index is 0. The van der Waals surface area contributed by atoms with Crippen molar-refractivity contribution in [1.82, 2.24) is 5.32 Å². The molecule has 0 aromatic heterocycles. The first-order valence-electron chi connectivity index (χ1n) is 9.47. The van der Waals surface area contributed by atoms with Crippen LogP contribution in [0.2, 0.25) is 5.02 Å². The van der Waals surface area contributed by atoms with Crippen molar-refractivity contribution in [3.63, 3.8) is 0 Å². The molecule has 0 aliphatic rings. The highest BCUT2D eigenvalue weighted by Crippen LogP contribution is 2.20. The second-order valence-corrected chi connectivity index (χ2v) is 6.00. The summed E-state index contributed by atoms with van der Waals surface area (Å²) >= 11 is 7.61. The summed E-state index contributed by atoms with van der Waals surface area (Å²) in [5, 5.41) is 7.85. The number of nitrogens with one attached hydrogen (secondary N) is 2. The van der Waals surface area contributed by atoms with Gasteiger partial charge in [0.25, 0.3) is 0 Å². The van der Waals surface area contributed by atoms with Crippen LogP contribution in [-0.2, 0) is 11.2 Å². The van der Waals surface area contributed by atoms with Crippen LogP contribution in [0.15, 0.2) is 23.2 Å². The first-order valence-corrected chi connectivity index (χ1v) is 11.1. The largest absolute Gasteiger partial charge is 0.376 e. The number of amides is 1. The van der Waals surface area contributed by atoms with E-state index in [4.69, 9.17) is 11.6 Å². The number of benzene rings is 1. The lowest BCUT2D eigenvalue weighted by Gasteiger charge is -2.12. The van der Waals surface area contributed by atoms with E-state index in [-0.39, 0.29) is 12.5 Å². The average Bonchev–Trinajstić information content (AvgIpc) is 2.69. The van der Waals surface area contributed by atoms with Crippen LogP contribution >= 0.6 is 23.4 Å². The number of aliphatic imine (C=N–C) groups is 1. The number of hydrogen-bond acceptors (Lipinski definition) is 4. The number of thioether (sulfide) groups is 1. The summed E-state index contributed by atoms with van der Waals surface area (Å²) in [5.74, 6) is -0.0195. The molecule has 0 aliphatic carbocycles. The van der Waals surface area contributed by atoms with Crippen molar-refractivity contribution in [3.05, 3.63) is 28.8 Å². The van der Waals surface area contributed by atoms with Gasteiger partial charge in [-0.1, -0.05) is 46.2 Å². The van der Waals surface area contributed by atoms with E-state index in [1.807, 2.05) is 59.1 Å². The minimum Gasteiger partial charge on any atom is -0.376 e. The Hall–Kier alpha value is -1.20. The Kier molecular flexibility index (Phi) is 19.3. The van der Waals surface area contributed by atoms with Crippen LogP contribution in [0.1, 0.15) is 53.5 Å². The molecular weight excluding hydrogens is 366 g/mol. The molecular formula is C20H36ClN3OS. The topological polar surface area (TPSA) is 53.5 Å². The summed E-state index contributed by atoms with van der Waals surface area (Å²) < 4.78 is 0. The number of rotatable bonds is 8. The maximum atomic E-state index is 11.9. The normalized spacial score (nSPS) is 10.1. The van der Waals surface area contributed by atoms with Crippen LogP contribution in [0.5, 0.6) is 0 Å². The second-order valence-electron chi connectivity index (χ2n) is 4.68. The van der Waals surface area contributed by atoms with Crippen molar-refractivity contribution in [3.8, 4) is 0 Å². The van der Waals surface area contributed by atoms with E-state index in [1.165, 1.54) is 0 Å².